The normalized spacial score (nSPS) is 11.3. The summed E-state index contributed by atoms with van der Waals surface area (Å²) in [5.74, 6) is -0.273. The van der Waals surface area contributed by atoms with Gasteiger partial charge in [-0.1, -0.05) is 20.8 Å². The summed E-state index contributed by atoms with van der Waals surface area (Å²) >= 11 is 0. The molecule has 0 unspecified atom stereocenters. The molecule has 1 N–H and O–H groups in total. The molecule has 23 heavy (non-hydrogen) atoms. The van der Waals surface area contributed by atoms with Crippen LogP contribution < -0.4 is 5.32 Å². The van der Waals surface area contributed by atoms with Crippen molar-refractivity contribution in [3.05, 3.63) is 47.0 Å². The first-order valence-corrected chi connectivity index (χ1v) is 8.03. The monoisotopic (exact) mass is 317 g/mol. The van der Waals surface area contributed by atoms with E-state index in [0.29, 0.717) is 12.0 Å². The summed E-state index contributed by atoms with van der Waals surface area (Å²) in [6, 6.07) is 6.21. The molecule has 0 spiro atoms. The third-order valence-corrected chi connectivity index (χ3v) is 3.61. The smallest absolute Gasteiger partial charge is 0.255 e. The number of rotatable bonds is 5. The minimum absolute atomic E-state index is 0.0568. The van der Waals surface area contributed by atoms with Gasteiger partial charge in [-0.05, 0) is 50.5 Å². The Morgan fingerprint density at radius 1 is 1.22 bits per heavy atom. The van der Waals surface area contributed by atoms with E-state index in [9.17, 15) is 9.18 Å². The van der Waals surface area contributed by atoms with Crippen LogP contribution in [-0.2, 0) is 6.42 Å². The van der Waals surface area contributed by atoms with E-state index in [0.717, 1.165) is 17.1 Å². The Labute approximate surface area is 136 Å². The number of amides is 1. The molecule has 0 bridgehead atoms. The van der Waals surface area contributed by atoms with Gasteiger partial charge in [0.2, 0.25) is 0 Å². The van der Waals surface area contributed by atoms with Gasteiger partial charge in [-0.25, -0.2) is 9.07 Å². The molecular weight excluding hydrogens is 293 g/mol. The number of aromatic nitrogens is 2. The maximum atomic E-state index is 13.2. The SMILES string of the molecule is CCc1c(C(=O)NC(C)C)c(C(C)C)nn1-c1ccc(F)cc1. The summed E-state index contributed by atoms with van der Waals surface area (Å²) < 4.78 is 14.9. The predicted molar refractivity (Wildman–Crippen MR) is 89.6 cm³/mol. The zero-order valence-electron chi connectivity index (χ0n) is 14.4. The second-order valence-corrected chi connectivity index (χ2v) is 6.23. The van der Waals surface area contributed by atoms with Gasteiger partial charge in [0.25, 0.3) is 5.91 Å². The van der Waals surface area contributed by atoms with Crippen molar-refractivity contribution in [1.82, 2.24) is 15.1 Å². The van der Waals surface area contributed by atoms with Crippen LogP contribution in [0.2, 0.25) is 0 Å². The average Bonchev–Trinajstić information content (AvgIpc) is 2.87. The molecule has 0 aliphatic rings. The first kappa shape index (κ1) is 17.2. The van der Waals surface area contributed by atoms with E-state index in [2.05, 4.69) is 10.4 Å². The third kappa shape index (κ3) is 3.60. The van der Waals surface area contributed by atoms with Gasteiger partial charge in [-0.15, -0.1) is 0 Å². The minimum Gasteiger partial charge on any atom is -0.350 e. The Balaban J connectivity index is 2.60. The first-order chi connectivity index (χ1) is 10.8. The van der Waals surface area contributed by atoms with E-state index >= 15 is 0 Å². The highest BCUT2D eigenvalue weighted by molar-refractivity contribution is 5.97. The van der Waals surface area contributed by atoms with Gasteiger partial charge in [-0.3, -0.25) is 4.79 Å². The number of hydrogen-bond acceptors (Lipinski definition) is 2. The zero-order valence-corrected chi connectivity index (χ0v) is 14.4. The van der Waals surface area contributed by atoms with Gasteiger partial charge in [0.1, 0.15) is 5.82 Å². The summed E-state index contributed by atoms with van der Waals surface area (Å²) in [5, 5.41) is 7.59. The van der Waals surface area contributed by atoms with Crippen molar-refractivity contribution >= 4 is 5.91 Å². The lowest BCUT2D eigenvalue weighted by molar-refractivity contribution is 0.0941. The number of carbonyl (C=O) groups excluding carboxylic acids is 1. The Morgan fingerprint density at radius 2 is 1.83 bits per heavy atom. The molecule has 1 aromatic heterocycles. The standard InChI is InChI=1S/C18H24FN3O/c1-6-15-16(18(23)20-12(4)5)17(11(2)3)21-22(15)14-9-7-13(19)8-10-14/h7-12H,6H2,1-5H3,(H,20,23). The molecule has 0 atom stereocenters. The first-order valence-electron chi connectivity index (χ1n) is 8.03. The van der Waals surface area contributed by atoms with E-state index in [-0.39, 0.29) is 23.7 Å². The summed E-state index contributed by atoms with van der Waals surface area (Å²) in [4.78, 5) is 12.6. The number of carbonyl (C=O) groups is 1. The lowest BCUT2D eigenvalue weighted by Gasteiger charge is -2.11. The number of nitrogens with one attached hydrogen (secondary N) is 1. The van der Waals surface area contributed by atoms with Crippen molar-refractivity contribution in [2.24, 2.45) is 0 Å². The Morgan fingerprint density at radius 3 is 2.30 bits per heavy atom. The molecule has 2 rings (SSSR count). The van der Waals surface area contributed by atoms with Crippen molar-refractivity contribution < 1.29 is 9.18 Å². The van der Waals surface area contributed by atoms with E-state index in [1.165, 1.54) is 12.1 Å². The zero-order chi connectivity index (χ0) is 17.1. The van der Waals surface area contributed by atoms with Crippen molar-refractivity contribution in [1.29, 1.82) is 0 Å². The quantitative estimate of drug-likeness (QED) is 0.911. The predicted octanol–water partition coefficient (Wildman–Crippen LogP) is 3.84. The molecule has 0 saturated carbocycles. The van der Waals surface area contributed by atoms with Crippen LogP contribution in [0.15, 0.2) is 24.3 Å². The molecule has 0 aliphatic carbocycles. The summed E-state index contributed by atoms with van der Waals surface area (Å²) in [5.41, 5.74) is 3.01. The molecule has 4 nitrogen and oxygen atoms in total. The van der Waals surface area contributed by atoms with Crippen molar-refractivity contribution in [2.75, 3.05) is 0 Å². The van der Waals surface area contributed by atoms with Crippen molar-refractivity contribution in [2.45, 2.75) is 53.0 Å². The van der Waals surface area contributed by atoms with E-state index in [4.69, 9.17) is 0 Å². The maximum Gasteiger partial charge on any atom is 0.255 e. The number of nitrogens with zero attached hydrogens (tertiary/aromatic N) is 2. The third-order valence-electron chi connectivity index (χ3n) is 3.61. The maximum absolute atomic E-state index is 13.2. The van der Waals surface area contributed by atoms with Crippen LogP contribution >= 0.6 is 0 Å². The fourth-order valence-electron chi connectivity index (χ4n) is 2.58. The van der Waals surface area contributed by atoms with Gasteiger partial charge in [0.15, 0.2) is 0 Å². The van der Waals surface area contributed by atoms with E-state index in [1.54, 1.807) is 16.8 Å². The van der Waals surface area contributed by atoms with Crippen LogP contribution in [0.5, 0.6) is 0 Å². The lowest BCUT2D eigenvalue weighted by Crippen LogP contribution is -2.31. The molecule has 124 valence electrons. The summed E-state index contributed by atoms with van der Waals surface area (Å²) in [7, 11) is 0. The summed E-state index contributed by atoms with van der Waals surface area (Å²) in [6.45, 7) is 9.89. The highest BCUT2D eigenvalue weighted by Crippen LogP contribution is 2.25. The number of benzene rings is 1. The Hall–Kier alpha value is -2.17. The number of hydrogen-bond donors (Lipinski definition) is 1. The van der Waals surface area contributed by atoms with Crippen molar-refractivity contribution in [3.63, 3.8) is 0 Å². The van der Waals surface area contributed by atoms with Crippen LogP contribution in [0.4, 0.5) is 4.39 Å². The second kappa shape index (κ2) is 6.94. The number of halogens is 1. The van der Waals surface area contributed by atoms with Crippen LogP contribution in [0.3, 0.4) is 0 Å². The molecular formula is C18H24FN3O. The molecule has 1 heterocycles. The molecule has 0 fully saturated rings. The Bertz CT molecular complexity index is 687. The molecule has 1 amide bonds. The van der Waals surface area contributed by atoms with Crippen LogP contribution in [0, 0.1) is 5.82 Å². The Kier molecular flexibility index (Phi) is 5.19. The molecule has 0 saturated heterocycles. The molecule has 2 aromatic rings. The van der Waals surface area contributed by atoms with E-state index < -0.39 is 0 Å². The molecule has 1 aromatic carbocycles. The largest absolute Gasteiger partial charge is 0.350 e. The fourth-order valence-corrected chi connectivity index (χ4v) is 2.58. The van der Waals surface area contributed by atoms with Gasteiger partial charge < -0.3 is 5.32 Å². The van der Waals surface area contributed by atoms with Crippen LogP contribution in [-0.4, -0.2) is 21.7 Å². The summed E-state index contributed by atoms with van der Waals surface area (Å²) in [6.07, 6.45) is 0.665. The highest BCUT2D eigenvalue weighted by atomic mass is 19.1. The van der Waals surface area contributed by atoms with Crippen LogP contribution in [0.25, 0.3) is 5.69 Å². The topological polar surface area (TPSA) is 46.9 Å². The van der Waals surface area contributed by atoms with Gasteiger partial charge in [-0.2, -0.15) is 5.10 Å². The van der Waals surface area contributed by atoms with Gasteiger partial charge in [0, 0.05) is 6.04 Å². The van der Waals surface area contributed by atoms with E-state index in [1.807, 2.05) is 34.6 Å². The van der Waals surface area contributed by atoms with Gasteiger partial charge >= 0.3 is 0 Å². The molecule has 5 heteroatoms. The second-order valence-electron chi connectivity index (χ2n) is 6.23. The molecule has 0 aliphatic heterocycles. The van der Waals surface area contributed by atoms with Crippen LogP contribution in [0.1, 0.15) is 62.3 Å². The minimum atomic E-state index is -0.291. The molecule has 0 radical (unpaired) electrons. The fraction of sp³-hybridized carbons (Fsp3) is 0.444. The van der Waals surface area contributed by atoms with Crippen molar-refractivity contribution in [3.8, 4) is 5.69 Å². The lowest BCUT2D eigenvalue weighted by atomic mass is 10.0. The average molecular weight is 317 g/mol. The van der Waals surface area contributed by atoms with Gasteiger partial charge in [0.05, 0.1) is 22.6 Å². The highest BCUT2D eigenvalue weighted by Gasteiger charge is 2.25.